The molecule has 11 heteroatoms. The van der Waals surface area contributed by atoms with Crippen LogP contribution in [0.2, 0.25) is 0 Å². The summed E-state index contributed by atoms with van der Waals surface area (Å²) < 4.78 is 30.6. The zero-order valence-electron chi connectivity index (χ0n) is 38.0. The number of ether oxygens (including phenoxy) is 5. The number of carbonyl (C=O) groups is 4. The second kappa shape index (κ2) is 19.5. The quantitative estimate of drug-likeness (QED) is 0.0472. The Hall–Kier alpha value is -6.88. The monoisotopic (exact) mass is 876 g/mol. The van der Waals surface area contributed by atoms with E-state index in [-0.39, 0.29) is 36.9 Å². The van der Waals surface area contributed by atoms with Gasteiger partial charge in [-0.3, -0.25) is 19.2 Å². The number of hydrogen-bond donors (Lipinski definition) is 0. The topological polar surface area (TPSA) is 121 Å². The first kappa shape index (κ1) is 44.7. The third kappa shape index (κ3) is 9.23. The first-order valence-corrected chi connectivity index (χ1v) is 22.8. The molecule has 2 aliphatic rings. The van der Waals surface area contributed by atoms with Gasteiger partial charge in [-0.25, -0.2) is 0 Å². The van der Waals surface area contributed by atoms with Crippen LogP contribution >= 0.6 is 0 Å². The molecule has 6 aromatic rings. The van der Waals surface area contributed by atoms with E-state index in [1.807, 2.05) is 76.2 Å². The second-order valence-electron chi connectivity index (χ2n) is 17.2. The van der Waals surface area contributed by atoms with Gasteiger partial charge in [0, 0.05) is 44.0 Å². The predicted molar refractivity (Wildman–Crippen MR) is 253 cm³/mol. The van der Waals surface area contributed by atoms with Gasteiger partial charge >= 0.3 is 11.9 Å². The molecule has 0 atom stereocenters. The van der Waals surface area contributed by atoms with Crippen LogP contribution in [0.1, 0.15) is 110 Å². The molecule has 0 fully saturated rings. The van der Waals surface area contributed by atoms with E-state index in [4.69, 9.17) is 23.7 Å². The molecular formula is C54H56N2O9. The number of rotatable bonds is 18. The van der Waals surface area contributed by atoms with Crippen LogP contribution in [0.4, 0.5) is 11.4 Å². The molecule has 0 N–H and O–H groups in total. The lowest BCUT2D eigenvalue weighted by atomic mass is 9.99. The number of benzene rings is 6. The molecule has 0 aromatic heterocycles. The zero-order valence-corrected chi connectivity index (χ0v) is 38.0. The lowest BCUT2D eigenvalue weighted by Crippen LogP contribution is -2.23. The smallest absolute Gasteiger partial charge is 0.317 e. The van der Waals surface area contributed by atoms with Gasteiger partial charge in [0.25, 0.3) is 11.8 Å². The molecule has 0 radical (unpaired) electrons. The zero-order chi connectivity index (χ0) is 45.8. The molecule has 2 heterocycles. The Morgan fingerprint density at radius 2 is 0.908 bits per heavy atom. The van der Waals surface area contributed by atoms with Gasteiger partial charge in [-0.15, -0.1) is 0 Å². The fourth-order valence-electron chi connectivity index (χ4n) is 8.56. The third-order valence-electron chi connectivity index (χ3n) is 11.6. The molecule has 0 unspecified atom stereocenters. The van der Waals surface area contributed by atoms with Crippen LogP contribution in [-0.4, -0.2) is 49.2 Å². The number of hydrogen-bond acceptors (Lipinski definition) is 9. The van der Waals surface area contributed by atoms with E-state index in [2.05, 4.69) is 13.8 Å². The normalized spacial score (nSPS) is 13.2. The van der Waals surface area contributed by atoms with E-state index >= 15 is 0 Å². The molecule has 0 saturated heterocycles. The van der Waals surface area contributed by atoms with Crippen molar-refractivity contribution in [3.8, 4) is 23.0 Å². The summed E-state index contributed by atoms with van der Waals surface area (Å²) >= 11 is 0. The van der Waals surface area contributed by atoms with Crippen molar-refractivity contribution in [3.63, 3.8) is 0 Å². The van der Waals surface area contributed by atoms with Crippen LogP contribution in [0.25, 0.3) is 21.5 Å². The lowest BCUT2D eigenvalue weighted by molar-refractivity contribution is -0.158. The van der Waals surface area contributed by atoms with Gasteiger partial charge in [0.1, 0.15) is 23.0 Å². The summed E-state index contributed by atoms with van der Waals surface area (Å²) in [6.45, 7) is 13.6. The second-order valence-corrected chi connectivity index (χ2v) is 17.2. The summed E-state index contributed by atoms with van der Waals surface area (Å²) in [7, 11) is 0. The Labute approximate surface area is 380 Å². The van der Waals surface area contributed by atoms with Gasteiger partial charge in [0.15, 0.2) is 0 Å². The van der Waals surface area contributed by atoms with Crippen molar-refractivity contribution in [3.05, 3.63) is 130 Å². The summed E-state index contributed by atoms with van der Waals surface area (Å²) in [6.07, 6.45) is 3.15. The Morgan fingerprint density at radius 1 is 0.523 bits per heavy atom. The van der Waals surface area contributed by atoms with Crippen LogP contribution in [0.15, 0.2) is 97.1 Å². The van der Waals surface area contributed by atoms with E-state index < -0.39 is 11.9 Å². The van der Waals surface area contributed by atoms with Crippen molar-refractivity contribution < 1.29 is 42.9 Å². The molecular weight excluding hydrogens is 821 g/mol. The molecule has 65 heavy (non-hydrogen) atoms. The summed E-state index contributed by atoms with van der Waals surface area (Å²) in [4.78, 5) is 57.8. The van der Waals surface area contributed by atoms with Crippen molar-refractivity contribution in [1.82, 2.24) is 0 Å². The Morgan fingerprint density at radius 3 is 1.37 bits per heavy atom. The largest absolute Gasteiger partial charge is 0.493 e. The molecule has 0 aliphatic carbocycles. The maximum atomic E-state index is 14.2. The van der Waals surface area contributed by atoms with Crippen molar-refractivity contribution in [2.75, 3.05) is 23.0 Å². The van der Waals surface area contributed by atoms with E-state index in [0.717, 1.165) is 58.4 Å². The van der Waals surface area contributed by atoms with E-state index in [9.17, 15) is 19.2 Å². The number of anilines is 2. The minimum Gasteiger partial charge on any atom is -0.493 e. The minimum atomic E-state index is -0.691. The van der Waals surface area contributed by atoms with Crippen LogP contribution in [-0.2, 0) is 40.3 Å². The molecule has 336 valence electrons. The lowest BCUT2D eigenvalue weighted by Gasteiger charge is -2.19. The number of esters is 2. The molecule has 6 aromatic carbocycles. The Bertz CT molecular complexity index is 2700. The van der Waals surface area contributed by atoms with E-state index in [1.54, 1.807) is 58.3 Å². The average Bonchev–Trinajstić information content (AvgIpc) is 3.82. The summed E-state index contributed by atoms with van der Waals surface area (Å²) in [6, 6.07) is 29.9. The Kier molecular flexibility index (Phi) is 13.4. The predicted octanol–water partition coefficient (Wildman–Crippen LogP) is 11.1. The molecule has 0 saturated carbocycles. The maximum Gasteiger partial charge on any atom is 0.317 e. The third-order valence-corrected chi connectivity index (χ3v) is 11.6. The number of nitrogens with zero attached hydrogens (tertiary/aromatic N) is 2. The number of amides is 2. The summed E-state index contributed by atoms with van der Waals surface area (Å²) in [5.41, 5.74) is 5.14. The van der Waals surface area contributed by atoms with Gasteiger partial charge in [-0.05, 0) is 75.9 Å². The highest BCUT2D eigenvalue weighted by Crippen LogP contribution is 2.48. The van der Waals surface area contributed by atoms with Gasteiger partial charge in [0.2, 0.25) is 0 Å². The minimum absolute atomic E-state index is 0.109. The standard InChI is InChI=1S/C54H56N2O9/c1-7-9-27-61-49-39-15-11-14-18-42(39)52(64-34(5)6)48-43(49)31-55(54(48)60)37-23-19-35(20-24-37)29-45(57)65-46(58)30-36-21-25-38(26-22-36)56-32-44-47(53(56)59)51(62-28-10-8-2)41-17-13-12-16-40(41)50(44)63-33(3)4/h11-26,33-34H,7-10,27-32H2,1-6H3. The summed E-state index contributed by atoms with van der Waals surface area (Å²) in [5, 5.41) is 3.46. The van der Waals surface area contributed by atoms with Crippen molar-refractivity contribution in [1.29, 1.82) is 0 Å². The highest BCUT2D eigenvalue weighted by molar-refractivity contribution is 6.18. The van der Waals surface area contributed by atoms with Crippen LogP contribution < -0.4 is 28.7 Å². The first-order valence-electron chi connectivity index (χ1n) is 22.8. The van der Waals surface area contributed by atoms with Crippen LogP contribution in [0.5, 0.6) is 23.0 Å². The summed E-state index contributed by atoms with van der Waals surface area (Å²) in [5.74, 6) is 0.747. The van der Waals surface area contributed by atoms with Crippen LogP contribution in [0, 0.1) is 0 Å². The highest BCUT2D eigenvalue weighted by atomic mass is 16.6. The molecule has 0 spiro atoms. The van der Waals surface area contributed by atoms with Gasteiger partial charge in [0.05, 0.1) is 62.5 Å². The fraction of sp³-hybridized carbons (Fsp3) is 0.333. The molecule has 2 amide bonds. The van der Waals surface area contributed by atoms with Crippen LogP contribution in [0.3, 0.4) is 0 Å². The van der Waals surface area contributed by atoms with Gasteiger partial charge in [-0.2, -0.15) is 0 Å². The van der Waals surface area contributed by atoms with E-state index in [0.29, 0.717) is 82.9 Å². The Balaban J connectivity index is 0.921. The number of unbranched alkanes of at least 4 members (excludes halogenated alkanes) is 2. The van der Waals surface area contributed by atoms with Crippen molar-refractivity contribution in [2.45, 2.75) is 105 Å². The number of fused-ring (bicyclic) bond motifs is 4. The maximum absolute atomic E-state index is 14.2. The average molecular weight is 877 g/mol. The van der Waals surface area contributed by atoms with Gasteiger partial charge < -0.3 is 33.5 Å². The van der Waals surface area contributed by atoms with Gasteiger partial charge in [-0.1, -0.05) is 99.5 Å². The molecule has 0 bridgehead atoms. The van der Waals surface area contributed by atoms with Crippen molar-refractivity contribution in [2.24, 2.45) is 0 Å². The highest BCUT2D eigenvalue weighted by Gasteiger charge is 2.39. The van der Waals surface area contributed by atoms with E-state index in [1.165, 1.54) is 0 Å². The number of carbonyl (C=O) groups excluding carboxylic acids is 4. The molecule has 11 nitrogen and oxygen atoms in total. The fourth-order valence-corrected chi connectivity index (χ4v) is 8.56. The van der Waals surface area contributed by atoms with Crippen molar-refractivity contribution >= 4 is 56.7 Å². The molecule has 8 rings (SSSR count). The molecule has 2 aliphatic heterocycles. The first-order chi connectivity index (χ1) is 31.5. The SMILES string of the molecule is CCCCOc1c2c(c(OC(C)C)c3ccccc13)C(=O)N(c1ccc(CC(=O)OC(=O)Cc3ccc(N4Cc5c(c(OCCCC)c6ccccc6c5OC(C)C)C4=O)cc3)cc1)C2.